The second-order valence-electron chi connectivity index (χ2n) is 4.14. The summed E-state index contributed by atoms with van der Waals surface area (Å²) < 4.78 is 26.6. The molecule has 3 N–H and O–H groups in total. The summed E-state index contributed by atoms with van der Waals surface area (Å²) in [7, 11) is -3.62. The fraction of sp³-hybridized carbons (Fsp3) is 0.250. The van der Waals surface area contributed by atoms with Crippen molar-refractivity contribution in [3.63, 3.8) is 0 Å². The first kappa shape index (κ1) is 13.6. The molecular weight excluding hydrogens is 266 g/mol. The zero-order valence-electron chi connectivity index (χ0n) is 10.4. The summed E-state index contributed by atoms with van der Waals surface area (Å²) in [4.78, 5) is 0.131. The summed E-state index contributed by atoms with van der Waals surface area (Å²) in [6, 6.07) is 6.88. The molecule has 0 spiro atoms. The van der Waals surface area contributed by atoms with Crippen LogP contribution in [-0.4, -0.2) is 30.3 Å². The Bertz CT molecular complexity index is 647. The summed E-state index contributed by atoms with van der Waals surface area (Å²) in [6.07, 6.45) is 1.83. The third-order valence-corrected chi connectivity index (χ3v) is 4.17. The predicted octanol–water partition coefficient (Wildman–Crippen LogP) is 1.05. The van der Waals surface area contributed by atoms with Crippen molar-refractivity contribution in [1.29, 1.82) is 0 Å². The molecule has 0 unspecified atom stereocenters. The van der Waals surface area contributed by atoms with E-state index in [1.807, 2.05) is 0 Å². The van der Waals surface area contributed by atoms with Crippen LogP contribution in [0.1, 0.15) is 11.3 Å². The van der Waals surface area contributed by atoms with Gasteiger partial charge in [-0.25, -0.2) is 8.42 Å². The highest BCUT2D eigenvalue weighted by Gasteiger charge is 2.18. The SMILES string of the molecule is Cc1[nH]ncc1S(=O)(=O)Nc1ccc(CCO)cc1. The minimum atomic E-state index is -3.62. The minimum Gasteiger partial charge on any atom is -0.396 e. The lowest BCUT2D eigenvalue weighted by Gasteiger charge is -2.07. The number of aliphatic hydroxyl groups excluding tert-OH is 1. The maximum Gasteiger partial charge on any atom is 0.265 e. The van der Waals surface area contributed by atoms with Crippen LogP contribution in [0.2, 0.25) is 0 Å². The van der Waals surface area contributed by atoms with Crippen molar-refractivity contribution < 1.29 is 13.5 Å². The number of rotatable bonds is 5. The van der Waals surface area contributed by atoms with Crippen LogP contribution in [0.4, 0.5) is 5.69 Å². The molecule has 0 atom stereocenters. The number of aliphatic hydroxyl groups is 1. The highest BCUT2D eigenvalue weighted by Crippen LogP contribution is 2.18. The first-order chi connectivity index (χ1) is 9.03. The van der Waals surface area contributed by atoms with E-state index in [9.17, 15) is 8.42 Å². The number of benzene rings is 1. The van der Waals surface area contributed by atoms with E-state index in [0.717, 1.165) is 5.56 Å². The van der Waals surface area contributed by atoms with E-state index in [4.69, 9.17) is 5.11 Å². The zero-order valence-corrected chi connectivity index (χ0v) is 11.2. The van der Waals surface area contributed by atoms with Crippen molar-refractivity contribution in [2.45, 2.75) is 18.2 Å². The van der Waals surface area contributed by atoms with E-state index in [1.54, 1.807) is 31.2 Å². The van der Waals surface area contributed by atoms with Gasteiger partial charge < -0.3 is 5.11 Å². The molecule has 0 aliphatic heterocycles. The molecule has 2 aromatic rings. The second kappa shape index (κ2) is 5.41. The summed E-state index contributed by atoms with van der Waals surface area (Å²) in [5, 5.41) is 15.1. The molecule has 1 heterocycles. The van der Waals surface area contributed by atoms with Crippen LogP contribution in [0.25, 0.3) is 0 Å². The monoisotopic (exact) mass is 281 g/mol. The zero-order chi connectivity index (χ0) is 13.9. The Balaban J connectivity index is 2.19. The molecule has 7 heteroatoms. The molecule has 19 heavy (non-hydrogen) atoms. The van der Waals surface area contributed by atoms with Gasteiger partial charge in [0.25, 0.3) is 10.0 Å². The van der Waals surface area contributed by atoms with Crippen molar-refractivity contribution in [1.82, 2.24) is 10.2 Å². The molecule has 1 aromatic carbocycles. The van der Waals surface area contributed by atoms with Gasteiger partial charge in [0.15, 0.2) is 0 Å². The van der Waals surface area contributed by atoms with E-state index in [1.165, 1.54) is 6.20 Å². The molecule has 0 bridgehead atoms. The van der Waals surface area contributed by atoms with E-state index >= 15 is 0 Å². The highest BCUT2D eigenvalue weighted by atomic mass is 32.2. The van der Waals surface area contributed by atoms with Gasteiger partial charge in [-0.2, -0.15) is 5.10 Å². The largest absolute Gasteiger partial charge is 0.396 e. The number of hydrogen-bond donors (Lipinski definition) is 3. The first-order valence-electron chi connectivity index (χ1n) is 5.75. The number of nitrogens with one attached hydrogen (secondary N) is 2. The Labute approximate surface area is 111 Å². The lowest BCUT2D eigenvalue weighted by Crippen LogP contribution is -2.13. The Hall–Kier alpha value is -1.86. The van der Waals surface area contributed by atoms with Crippen molar-refractivity contribution in [3.8, 4) is 0 Å². The lowest BCUT2D eigenvalue weighted by atomic mass is 10.1. The van der Waals surface area contributed by atoms with Crippen LogP contribution < -0.4 is 4.72 Å². The summed E-state index contributed by atoms with van der Waals surface area (Å²) in [6.45, 7) is 1.71. The molecule has 6 nitrogen and oxygen atoms in total. The number of nitrogens with zero attached hydrogens (tertiary/aromatic N) is 1. The predicted molar refractivity (Wildman–Crippen MR) is 71.4 cm³/mol. The van der Waals surface area contributed by atoms with E-state index in [0.29, 0.717) is 17.8 Å². The summed E-state index contributed by atoms with van der Waals surface area (Å²) in [5.41, 5.74) is 1.91. The number of aryl methyl sites for hydroxylation is 1. The normalized spacial score (nSPS) is 11.5. The van der Waals surface area contributed by atoms with Crippen molar-refractivity contribution >= 4 is 15.7 Å². The van der Waals surface area contributed by atoms with Crippen molar-refractivity contribution in [2.24, 2.45) is 0 Å². The summed E-state index contributed by atoms with van der Waals surface area (Å²) in [5.74, 6) is 0. The third kappa shape index (κ3) is 3.12. The van der Waals surface area contributed by atoms with Gasteiger partial charge in [-0.3, -0.25) is 9.82 Å². The molecule has 2 rings (SSSR count). The topological polar surface area (TPSA) is 95.1 Å². The number of aromatic amines is 1. The Morgan fingerprint density at radius 1 is 1.32 bits per heavy atom. The van der Waals surface area contributed by atoms with Crippen LogP contribution in [0, 0.1) is 6.92 Å². The fourth-order valence-electron chi connectivity index (χ4n) is 1.69. The van der Waals surface area contributed by atoms with Crippen LogP contribution in [0.15, 0.2) is 35.4 Å². The Morgan fingerprint density at radius 2 is 2.00 bits per heavy atom. The Kier molecular flexibility index (Phi) is 3.87. The number of H-pyrrole nitrogens is 1. The molecule has 1 aromatic heterocycles. The molecular formula is C12H15N3O3S. The van der Waals surface area contributed by atoms with Crippen LogP contribution in [0.5, 0.6) is 0 Å². The van der Waals surface area contributed by atoms with Gasteiger partial charge in [-0.15, -0.1) is 0 Å². The van der Waals surface area contributed by atoms with Gasteiger partial charge in [-0.1, -0.05) is 12.1 Å². The maximum atomic E-state index is 12.1. The first-order valence-corrected chi connectivity index (χ1v) is 7.24. The standard InChI is InChI=1S/C12H15N3O3S/c1-9-12(8-13-14-9)19(17,18)15-11-4-2-10(3-5-11)6-7-16/h2-5,8,15-16H,6-7H2,1H3,(H,13,14). The Morgan fingerprint density at radius 3 is 2.53 bits per heavy atom. The van der Waals surface area contributed by atoms with Gasteiger partial charge in [0.1, 0.15) is 4.90 Å². The van der Waals surface area contributed by atoms with E-state index < -0.39 is 10.0 Å². The number of aromatic nitrogens is 2. The van der Waals surface area contributed by atoms with Gasteiger partial charge in [0.2, 0.25) is 0 Å². The number of hydrogen-bond acceptors (Lipinski definition) is 4. The molecule has 0 aliphatic carbocycles. The highest BCUT2D eigenvalue weighted by molar-refractivity contribution is 7.92. The average molecular weight is 281 g/mol. The molecule has 0 radical (unpaired) electrons. The molecule has 102 valence electrons. The molecule has 0 fully saturated rings. The summed E-state index contributed by atoms with van der Waals surface area (Å²) >= 11 is 0. The van der Waals surface area contributed by atoms with Gasteiger partial charge in [-0.05, 0) is 31.0 Å². The van der Waals surface area contributed by atoms with Gasteiger partial charge >= 0.3 is 0 Å². The van der Waals surface area contributed by atoms with Crippen molar-refractivity contribution in [2.75, 3.05) is 11.3 Å². The van der Waals surface area contributed by atoms with Gasteiger partial charge in [0, 0.05) is 12.3 Å². The van der Waals surface area contributed by atoms with Crippen LogP contribution in [0.3, 0.4) is 0 Å². The van der Waals surface area contributed by atoms with Gasteiger partial charge in [0.05, 0.1) is 11.9 Å². The van der Waals surface area contributed by atoms with E-state index in [-0.39, 0.29) is 11.5 Å². The molecule has 0 aliphatic rings. The molecule has 0 saturated carbocycles. The fourth-order valence-corrected chi connectivity index (χ4v) is 2.89. The average Bonchev–Trinajstić information content (AvgIpc) is 2.79. The van der Waals surface area contributed by atoms with Crippen LogP contribution in [-0.2, 0) is 16.4 Å². The van der Waals surface area contributed by atoms with Crippen LogP contribution >= 0.6 is 0 Å². The third-order valence-electron chi connectivity index (χ3n) is 2.68. The minimum absolute atomic E-state index is 0.0687. The second-order valence-corrected chi connectivity index (χ2v) is 5.79. The molecule has 0 amide bonds. The lowest BCUT2D eigenvalue weighted by molar-refractivity contribution is 0.299. The smallest absolute Gasteiger partial charge is 0.265 e. The molecule has 0 saturated heterocycles. The quantitative estimate of drug-likeness (QED) is 0.763. The maximum absolute atomic E-state index is 12.1. The number of anilines is 1. The van der Waals surface area contributed by atoms with E-state index in [2.05, 4.69) is 14.9 Å². The van der Waals surface area contributed by atoms with Crippen molar-refractivity contribution in [3.05, 3.63) is 41.7 Å². The number of sulfonamides is 1.